The number of nitrogens with one attached hydrogen (secondary N) is 2. The summed E-state index contributed by atoms with van der Waals surface area (Å²) in [7, 11) is 0. The molecule has 0 radical (unpaired) electrons. The van der Waals surface area contributed by atoms with E-state index in [2.05, 4.69) is 38.9 Å². The molecule has 0 aliphatic carbocycles. The Bertz CT molecular complexity index is 1200. The predicted molar refractivity (Wildman–Crippen MR) is 132 cm³/mol. The Labute approximate surface area is 195 Å². The molecule has 166 valence electrons. The number of aryl methyl sites for hydroxylation is 1. The average Bonchev–Trinajstić information content (AvgIpc) is 2.85. The molecule has 0 unspecified atom stereocenters. The van der Waals surface area contributed by atoms with Crippen molar-refractivity contribution >= 4 is 11.4 Å². The van der Waals surface area contributed by atoms with E-state index in [1.807, 2.05) is 37.5 Å². The molecule has 1 aliphatic rings. The minimum absolute atomic E-state index is 0.316. The highest BCUT2D eigenvalue weighted by Crippen LogP contribution is 2.25. The van der Waals surface area contributed by atoms with Gasteiger partial charge in [-0.25, -0.2) is 4.98 Å². The van der Waals surface area contributed by atoms with E-state index in [1.165, 1.54) is 24.8 Å². The molecule has 2 aromatic heterocycles. The molecule has 33 heavy (non-hydrogen) atoms. The monoisotopic (exact) mass is 436 g/mol. The number of allylic oxidation sites excluding steroid dienone is 1. The summed E-state index contributed by atoms with van der Waals surface area (Å²) in [5, 5.41) is 20.7. The third-order valence-electron chi connectivity index (χ3n) is 5.97. The van der Waals surface area contributed by atoms with Gasteiger partial charge in [-0.1, -0.05) is 25.1 Å². The zero-order chi connectivity index (χ0) is 23.2. The van der Waals surface area contributed by atoms with E-state index in [1.54, 1.807) is 18.3 Å². The quantitative estimate of drug-likeness (QED) is 0.491. The largest absolute Gasteiger partial charge is 0.353 e. The Morgan fingerprint density at radius 1 is 1.09 bits per heavy atom. The van der Waals surface area contributed by atoms with E-state index in [9.17, 15) is 0 Å². The Kier molecular flexibility index (Phi) is 6.92. The standard InChI is InChI=1S/C27H28N6/c1-19-6-7-22(23-12-21(15-30-16-23)18-33-10-4-3-5-11-33)13-26(19)27(29)20(2)32-25-9-8-24(14-28)31-17-25/h6-9,12-13,15-17,29,32H,2-5,10-11,18H2,1H3. The summed E-state index contributed by atoms with van der Waals surface area (Å²) in [6.07, 6.45) is 9.27. The van der Waals surface area contributed by atoms with Crippen LogP contribution in [0.5, 0.6) is 0 Å². The van der Waals surface area contributed by atoms with Gasteiger partial charge in [0.1, 0.15) is 11.8 Å². The fourth-order valence-electron chi connectivity index (χ4n) is 4.11. The maximum Gasteiger partial charge on any atom is 0.140 e. The van der Waals surface area contributed by atoms with Crippen LogP contribution in [0.4, 0.5) is 5.69 Å². The molecule has 0 spiro atoms. The van der Waals surface area contributed by atoms with Gasteiger partial charge in [0, 0.05) is 30.1 Å². The number of nitrogens with zero attached hydrogens (tertiary/aromatic N) is 4. The van der Waals surface area contributed by atoms with Crippen LogP contribution in [0, 0.1) is 23.7 Å². The smallest absolute Gasteiger partial charge is 0.140 e. The van der Waals surface area contributed by atoms with Crippen LogP contribution >= 0.6 is 0 Å². The normalized spacial score (nSPS) is 13.8. The van der Waals surface area contributed by atoms with Gasteiger partial charge in [0.2, 0.25) is 0 Å². The second-order valence-corrected chi connectivity index (χ2v) is 8.47. The summed E-state index contributed by atoms with van der Waals surface area (Å²) in [5.74, 6) is 0. The molecule has 0 saturated carbocycles. The topological polar surface area (TPSA) is 88.7 Å². The molecule has 3 aromatic rings. The van der Waals surface area contributed by atoms with Crippen LogP contribution in [0.2, 0.25) is 0 Å². The van der Waals surface area contributed by atoms with Gasteiger partial charge >= 0.3 is 0 Å². The first-order valence-electron chi connectivity index (χ1n) is 11.2. The van der Waals surface area contributed by atoms with Crippen molar-refractivity contribution in [3.05, 3.63) is 89.6 Å². The number of benzene rings is 1. The highest BCUT2D eigenvalue weighted by atomic mass is 15.1. The first-order chi connectivity index (χ1) is 16.0. The summed E-state index contributed by atoms with van der Waals surface area (Å²) in [4.78, 5) is 11.0. The molecule has 4 rings (SSSR count). The Morgan fingerprint density at radius 2 is 1.91 bits per heavy atom. The summed E-state index contributed by atoms with van der Waals surface area (Å²) in [6.45, 7) is 9.27. The molecule has 1 fully saturated rings. The van der Waals surface area contributed by atoms with Crippen LogP contribution in [-0.4, -0.2) is 33.7 Å². The van der Waals surface area contributed by atoms with E-state index in [-0.39, 0.29) is 0 Å². The predicted octanol–water partition coefficient (Wildman–Crippen LogP) is 5.30. The zero-order valence-electron chi connectivity index (χ0n) is 18.9. The highest BCUT2D eigenvalue weighted by molar-refractivity contribution is 6.13. The lowest BCUT2D eigenvalue weighted by Crippen LogP contribution is -2.29. The number of piperidine rings is 1. The molecule has 0 atom stereocenters. The van der Waals surface area contributed by atoms with Gasteiger partial charge in [0.15, 0.2) is 0 Å². The number of hydrogen-bond donors (Lipinski definition) is 2. The summed E-state index contributed by atoms with van der Waals surface area (Å²) < 4.78 is 0. The number of pyridine rings is 2. The van der Waals surface area contributed by atoms with Gasteiger partial charge in [-0.15, -0.1) is 0 Å². The van der Waals surface area contributed by atoms with Crippen molar-refractivity contribution in [1.82, 2.24) is 14.9 Å². The SMILES string of the molecule is C=C(Nc1ccc(C#N)nc1)C(=N)c1cc(-c2cncc(CN3CCCCC3)c2)ccc1C. The summed E-state index contributed by atoms with van der Waals surface area (Å²) in [6, 6.07) is 13.7. The van der Waals surface area contributed by atoms with Crippen molar-refractivity contribution < 1.29 is 0 Å². The van der Waals surface area contributed by atoms with Crippen molar-refractivity contribution in [1.29, 1.82) is 10.7 Å². The van der Waals surface area contributed by atoms with E-state index < -0.39 is 0 Å². The fourth-order valence-corrected chi connectivity index (χ4v) is 4.11. The zero-order valence-corrected chi connectivity index (χ0v) is 18.9. The van der Waals surface area contributed by atoms with Gasteiger partial charge in [-0.2, -0.15) is 5.26 Å². The first-order valence-corrected chi connectivity index (χ1v) is 11.2. The van der Waals surface area contributed by atoms with Crippen LogP contribution in [0.25, 0.3) is 11.1 Å². The van der Waals surface area contributed by atoms with Crippen molar-refractivity contribution in [3.8, 4) is 17.2 Å². The van der Waals surface area contributed by atoms with Gasteiger partial charge in [0.25, 0.3) is 0 Å². The third kappa shape index (κ3) is 5.51. The van der Waals surface area contributed by atoms with Crippen LogP contribution < -0.4 is 5.32 Å². The van der Waals surface area contributed by atoms with Crippen molar-refractivity contribution in [3.63, 3.8) is 0 Å². The molecule has 0 bridgehead atoms. The first kappa shape index (κ1) is 22.4. The molecule has 6 nitrogen and oxygen atoms in total. The molecule has 0 amide bonds. The maximum absolute atomic E-state index is 8.91. The van der Waals surface area contributed by atoms with Crippen molar-refractivity contribution in [2.45, 2.75) is 32.7 Å². The summed E-state index contributed by atoms with van der Waals surface area (Å²) in [5.41, 5.74) is 6.93. The van der Waals surface area contributed by atoms with Gasteiger partial charge in [0.05, 0.1) is 23.3 Å². The highest BCUT2D eigenvalue weighted by Gasteiger charge is 2.14. The second kappa shape index (κ2) is 10.2. The molecule has 1 aromatic carbocycles. The van der Waals surface area contributed by atoms with Crippen molar-refractivity contribution in [2.24, 2.45) is 0 Å². The van der Waals surface area contributed by atoms with Crippen LogP contribution in [0.15, 0.2) is 67.3 Å². The second-order valence-electron chi connectivity index (χ2n) is 8.47. The number of anilines is 1. The minimum atomic E-state index is 0.316. The van der Waals surface area contributed by atoms with Gasteiger partial charge in [-0.3, -0.25) is 15.3 Å². The van der Waals surface area contributed by atoms with Gasteiger partial charge in [-0.05, 0) is 73.8 Å². The fraction of sp³-hybridized carbons (Fsp3) is 0.259. The van der Waals surface area contributed by atoms with Crippen LogP contribution in [0.1, 0.15) is 41.6 Å². The van der Waals surface area contributed by atoms with Crippen LogP contribution in [0.3, 0.4) is 0 Å². The molecule has 3 heterocycles. The van der Waals surface area contributed by atoms with E-state index >= 15 is 0 Å². The van der Waals surface area contributed by atoms with E-state index in [0.29, 0.717) is 22.8 Å². The maximum atomic E-state index is 8.91. The molecule has 6 heteroatoms. The minimum Gasteiger partial charge on any atom is -0.353 e. The van der Waals surface area contributed by atoms with Gasteiger partial charge < -0.3 is 5.32 Å². The lowest BCUT2D eigenvalue weighted by atomic mass is 9.96. The number of hydrogen-bond acceptors (Lipinski definition) is 6. The lowest BCUT2D eigenvalue weighted by Gasteiger charge is -2.26. The number of aromatic nitrogens is 2. The van der Waals surface area contributed by atoms with E-state index in [0.717, 1.165) is 41.9 Å². The summed E-state index contributed by atoms with van der Waals surface area (Å²) >= 11 is 0. The molecule has 2 N–H and O–H groups in total. The average molecular weight is 437 g/mol. The Hall–Kier alpha value is -3.82. The lowest BCUT2D eigenvalue weighted by molar-refractivity contribution is 0.220. The number of likely N-dealkylation sites (tertiary alicyclic amines) is 1. The molecular weight excluding hydrogens is 408 g/mol. The molecule has 1 aliphatic heterocycles. The Morgan fingerprint density at radius 3 is 2.64 bits per heavy atom. The van der Waals surface area contributed by atoms with Crippen molar-refractivity contribution in [2.75, 3.05) is 18.4 Å². The molecule has 1 saturated heterocycles. The number of nitriles is 1. The molecular formula is C27H28N6. The third-order valence-corrected chi connectivity index (χ3v) is 5.97. The van der Waals surface area contributed by atoms with E-state index in [4.69, 9.17) is 10.7 Å². The number of rotatable bonds is 7. The Balaban J connectivity index is 1.52. The van der Waals surface area contributed by atoms with Crippen LogP contribution in [-0.2, 0) is 6.54 Å².